The summed E-state index contributed by atoms with van der Waals surface area (Å²) in [6, 6.07) is -10.6. The van der Waals surface area contributed by atoms with Gasteiger partial charge in [-0.15, -0.1) is 0 Å². The SMILES string of the molecule is CC[C@H]1NC(=O)C(CCCCNC(=O)C(N)CCC(=O)NCCCC[C@H]2NC(=O)[C@H](C(C)C)NC(=O)[C@@H](CCCN=C(N)N)NC(=O)CNC(=O)[C@@H](CC=O)NC2=O)NC(=O)[C@H](C(C)C)NC(=O)[C@@H](CCCN=C(N)N)NC(=O)CNC1=O. The standard InChI is InChI=1S/C51H89N19O13/c1-6-30-42(76)61-25-37(73)63-31(15-11-22-59-50(53)54)46(80)69-39(27(2)3)48(82)67-33(44(78)65-30)14-8-10-21-58-41(75)29(52)17-18-36(72)57-20-9-7-13-34-45(79)66-35(19-24-71)43(77)62-26-38(74)64-32(16-12-23-60-51(55)56)47(81)70-40(28(4)5)49(83)68-34/h24,27-35,39-40H,6-23,25-26,52H2,1-5H3,(H,57,72)(H,58,75)(H,61,76)(H,62,77)(H,63,73)(H,64,74)(H,65,78)(H,66,79)(H,67,82)(H,68,83)(H,69,80)(H,70,81)(H4,53,54,59)(H4,55,56,60)/t29?,30-,31-,32-,33?,34-,35-,39+,40+/m1/s1. The zero-order chi connectivity index (χ0) is 62.2. The van der Waals surface area contributed by atoms with E-state index < -0.39 is 157 Å². The lowest BCUT2D eigenvalue weighted by atomic mass is 10.0. The fraction of sp³-hybridized carbons (Fsp3) is 0.706. The van der Waals surface area contributed by atoms with Crippen LogP contribution in [-0.2, 0) is 62.3 Å². The molecule has 0 aromatic rings. The maximum Gasteiger partial charge on any atom is 0.243 e. The fourth-order valence-corrected chi connectivity index (χ4v) is 8.50. The van der Waals surface area contributed by atoms with E-state index in [9.17, 15) is 62.3 Å². The Morgan fingerprint density at radius 2 is 0.904 bits per heavy atom. The third-order valence-corrected chi connectivity index (χ3v) is 13.3. The third kappa shape index (κ3) is 27.4. The number of nitrogens with two attached hydrogens (primary N) is 5. The molecule has 83 heavy (non-hydrogen) atoms. The highest BCUT2D eigenvalue weighted by molar-refractivity contribution is 5.99. The molecule has 0 aromatic heterocycles. The molecule has 0 bridgehead atoms. The molecular weight excluding hydrogens is 1090 g/mol. The molecule has 32 nitrogen and oxygen atoms in total. The van der Waals surface area contributed by atoms with E-state index in [1.165, 1.54) is 0 Å². The summed E-state index contributed by atoms with van der Waals surface area (Å²) in [4.78, 5) is 179. The van der Waals surface area contributed by atoms with Crippen LogP contribution in [0, 0.1) is 11.8 Å². The van der Waals surface area contributed by atoms with Crippen LogP contribution in [0.5, 0.6) is 0 Å². The van der Waals surface area contributed by atoms with Crippen molar-refractivity contribution in [1.29, 1.82) is 0 Å². The van der Waals surface area contributed by atoms with Gasteiger partial charge in [-0.25, -0.2) is 0 Å². The Labute approximate surface area is 482 Å². The Hall–Kier alpha value is -8.19. The van der Waals surface area contributed by atoms with Gasteiger partial charge in [0.25, 0.3) is 0 Å². The van der Waals surface area contributed by atoms with Crippen molar-refractivity contribution >= 4 is 89.1 Å². The predicted molar refractivity (Wildman–Crippen MR) is 303 cm³/mol. The van der Waals surface area contributed by atoms with Crippen molar-refractivity contribution in [2.24, 2.45) is 50.5 Å². The molecule has 0 radical (unpaired) electrons. The lowest BCUT2D eigenvalue weighted by Gasteiger charge is -2.27. The van der Waals surface area contributed by atoms with Gasteiger partial charge in [-0.3, -0.25) is 67.5 Å². The zero-order valence-electron chi connectivity index (χ0n) is 48.2. The lowest BCUT2D eigenvalue weighted by molar-refractivity contribution is -0.135. The van der Waals surface area contributed by atoms with E-state index in [0.717, 1.165) is 0 Å². The van der Waals surface area contributed by atoms with Crippen molar-refractivity contribution in [2.75, 3.05) is 39.3 Å². The van der Waals surface area contributed by atoms with Gasteiger partial charge in [0.15, 0.2) is 11.9 Å². The largest absolute Gasteiger partial charge is 0.370 e. The second-order valence-electron chi connectivity index (χ2n) is 20.9. The molecule has 2 aliphatic rings. The molecule has 2 fully saturated rings. The summed E-state index contributed by atoms with van der Waals surface area (Å²) < 4.78 is 0. The highest BCUT2D eigenvalue weighted by Gasteiger charge is 2.35. The molecule has 0 aromatic carbocycles. The van der Waals surface area contributed by atoms with Gasteiger partial charge in [0.1, 0.15) is 54.6 Å². The van der Waals surface area contributed by atoms with E-state index in [1.54, 1.807) is 34.6 Å². The molecule has 0 aliphatic carbocycles. The predicted octanol–water partition coefficient (Wildman–Crippen LogP) is -6.78. The summed E-state index contributed by atoms with van der Waals surface area (Å²) in [7, 11) is 0. The summed E-state index contributed by atoms with van der Waals surface area (Å²) in [5, 5.41) is 31.1. The Morgan fingerprint density at radius 3 is 1.33 bits per heavy atom. The van der Waals surface area contributed by atoms with Crippen LogP contribution in [-0.4, -0.2) is 183 Å². The van der Waals surface area contributed by atoms with E-state index in [2.05, 4.69) is 73.8 Å². The number of guanidine groups is 2. The number of hydrogen-bond donors (Lipinski definition) is 17. The Morgan fingerprint density at radius 1 is 0.518 bits per heavy atom. The summed E-state index contributed by atoms with van der Waals surface area (Å²) >= 11 is 0. The summed E-state index contributed by atoms with van der Waals surface area (Å²) in [6.45, 7) is 7.75. The molecule has 2 heterocycles. The minimum absolute atomic E-state index is 0.00742. The number of rotatable bonds is 27. The minimum atomic E-state index is -1.42. The van der Waals surface area contributed by atoms with Crippen molar-refractivity contribution in [2.45, 2.75) is 179 Å². The Balaban J connectivity index is 2.02. The Bertz CT molecular complexity index is 2310. The lowest BCUT2D eigenvalue weighted by Crippen LogP contribution is -2.58. The number of unbranched alkanes of at least 4 members (excludes halogenated alkanes) is 2. The second-order valence-corrected chi connectivity index (χ2v) is 20.9. The number of carbonyl (C=O) groups is 13. The first-order chi connectivity index (χ1) is 39.3. The first-order valence-electron chi connectivity index (χ1n) is 28.1. The molecule has 2 saturated heterocycles. The number of hydrogen-bond acceptors (Lipinski definition) is 16. The van der Waals surface area contributed by atoms with E-state index in [0.29, 0.717) is 19.1 Å². The zero-order valence-corrected chi connectivity index (χ0v) is 48.2. The van der Waals surface area contributed by atoms with Gasteiger partial charge < -0.3 is 97.3 Å². The van der Waals surface area contributed by atoms with Gasteiger partial charge in [-0.2, -0.15) is 0 Å². The number of amides is 12. The number of nitrogens with zero attached hydrogens (tertiary/aromatic N) is 2. The maximum atomic E-state index is 13.8. The van der Waals surface area contributed by atoms with E-state index in [1.807, 2.05) is 0 Å². The van der Waals surface area contributed by atoms with Gasteiger partial charge in [0.05, 0.1) is 19.1 Å². The van der Waals surface area contributed by atoms with Gasteiger partial charge in [0.2, 0.25) is 70.9 Å². The van der Waals surface area contributed by atoms with E-state index >= 15 is 0 Å². The first kappa shape index (κ1) is 70.9. The quantitative estimate of drug-likeness (QED) is 0.0157. The van der Waals surface area contributed by atoms with Crippen LogP contribution in [0.25, 0.3) is 0 Å². The van der Waals surface area contributed by atoms with Crippen LogP contribution in [0.15, 0.2) is 9.98 Å². The molecule has 2 rings (SSSR count). The highest BCUT2D eigenvalue weighted by atomic mass is 16.2. The average molecular weight is 1180 g/mol. The molecule has 2 aliphatic heterocycles. The monoisotopic (exact) mass is 1180 g/mol. The molecule has 0 spiro atoms. The van der Waals surface area contributed by atoms with Crippen LogP contribution < -0.4 is 92.5 Å². The van der Waals surface area contributed by atoms with Crippen molar-refractivity contribution in [3.63, 3.8) is 0 Å². The fourth-order valence-electron chi connectivity index (χ4n) is 8.50. The van der Waals surface area contributed by atoms with Crippen LogP contribution >= 0.6 is 0 Å². The van der Waals surface area contributed by atoms with Gasteiger partial charge in [-0.05, 0) is 88.9 Å². The number of nitrogens with one attached hydrogen (secondary N) is 12. The smallest absolute Gasteiger partial charge is 0.243 e. The van der Waals surface area contributed by atoms with Crippen molar-refractivity contribution in [3.05, 3.63) is 0 Å². The maximum absolute atomic E-state index is 13.8. The number of aldehydes is 1. The van der Waals surface area contributed by atoms with Crippen molar-refractivity contribution in [1.82, 2.24) is 63.8 Å². The Kier molecular flexibility index (Phi) is 32.3. The normalized spacial score (nSPS) is 23.1. The summed E-state index contributed by atoms with van der Waals surface area (Å²) in [5.74, 6) is -9.60. The van der Waals surface area contributed by atoms with Gasteiger partial charge >= 0.3 is 0 Å². The molecule has 32 heteroatoms. The van der Waals surface area contributed by atoms with Crippen LogP contribution in [0.4, 0.5) is 0 Å². The topological polar surface area (TPSA) is 521 Å². The van der Waals surface area contributed by atoms with E-state index in [-0.39, 0.29) is 109 Å². The summed E-state index contributed by atoms with van der Waals surface area (Å²) in [5.41, 5.74) is 27.7. The summed E-state index contributed by atoms with van der Waals surface area (Å²) in [6.07, 6.45) is 1.80. The molecule has 12 amide bonds. The molecule has 466 valence electrons. The van der Waals surface area contributed by atoms with Crippen LogP contribution in [0.1, 0.15) is 125 Å². The van der Waals surface area contributed by atoms with E-state index in [4.69, 9.17) is 28.7 Å². The van der Waals surface area contributed by atoms with Crippen molar-refractivity contribution in [3.8, 4) is 0 Å². The van der Waals surface area contributed by atoms with Crippen LogP contribution in [0.2, 0.25) is 0 Å². The van der Waals surface area contributed by atoms with Crippen molar-refractivity contribution < 1.29 is 62.3 Å². The second kappa shape index (κ2) is 37.7. The average Bonchev–Trinajstić information content (AvgIpc) is 3.51. The number of carbonyl (C=O) groups excluding carboxylic acids is 13. The highest BCUT2D eigenvalue weighted by Crippen LogP contribution is 2.12. The van der Waals surface area contributed by atoms with Gasteiger partial charge in [0, 0.05) is 39.0 Å². The minimum Gasteiger partial charge on any atom is -0.370 e. The first-order valence-corrected chi connectivity index (χ1v) is 28.1. The molecule has 22 N–H and O–H groups in total. The third-order valence-electron chi connectivity index (χ3n) is 13.3. The molecular formula is C51H89N19O13. The molecule has 9 atom stereocenters. The van der Waals surface area contributed by atoms with Crippen LogP contribution in [0.3, 0.4) is 0 Å². The number of aliphatic imine (C=N–C) groups is 2. The molecule has 0 saturated carbocycles. The van der Waals surface area contributed by atoms with Gasteiger partial charge in [-0.1, -0.05) is 34.6 Å². The molecule has 2 unspecified atom stereocenters.